The summed E-state index contributed by atoms with van der Waals surface area (Å²) in [6.07, 6.45) is 5.95. The molecule has 2 aromatic rings. The molecular formula is C17H19N3O3. The number of rotatable bonds is 5. The van der Waals surface area contributed by atoms with E-state index in [2.05, 4.69) is 15.3 Å². The Balaban J connectivity index is 1.79. The molecule has 1 atom stereocenters. The minimum Gasteiger partial charge on any atom is -0.481 e. The number of carbonyl (C=O) groups excluding carboxylic acids is 1. The number of nitrogens with zero attached hydrogens (tertiary/aromatic N) is 2. The molecule has 1 aliphatic rings. The minimum absolute atomic E-state index is 0.158. The van der Waals surface area contributed by atoms with Crippen LogP contribution in [0.25, 0.3) is 0 Å². The zero-order valence-electron chi connectivity index (χ0n) is 12.8. The topological polar surface area (TPSA) is 84.3 Å². The van der Waals surface area contributed by atoms with Crippen molar-refractivity contribution in [3.8, 4) is 5.88 Å². The number of aliphatic hydroxyl groups excluding tert-OH is 1. The summed E-state index contributed by atoms with van der Waals surface area (Å²) in [6.45, 7) is 0. The summed E-state index contributed by atoms with van der Waals surface area (Å²) in [4.78, 5) is 20.6. The van der Waals surface area contributed by atoms with E-state index in [1.54, 1.807) is 43.9 Å². The fourth-order valence-electron chi connectivity index (χ4n) is 2.80. The lowest BCUT2D eigenvalue weighted by molar-refractivity contribution is 0.0234. The van der Waals surface area contributed by atoms with Gasteiger partial charge >= 0.3 is 0 Å². The zero-order chi connectivity index (χ0) is 16.2. The average molecular weight is 313 g/mol. The largest absolute Gasteiger partial charge is 0.481 e. The molecule has 0 unspecified atom stereocenters. The van der Waals surface area contributed by atoms with E-state index in [1.807, 2.05) is 6.07 Å². The smallest absolute Gasteiger partial charge is 0.251 e. The minimum atomic E-state index is -0.286. The Morgan fingerprint density at radius 1 is 1.30 bits per heavy atom. The van der Waals surface area contributed by atoms with E-state index in [9.17, 15) is 9.90 Å². The number of ether oxygens (including phenoxy) is 1. The molecule has 0 aliphatic heterocycles. The van der Waals surface area contributed by atoms with Gasteiger partial charge in [-0.3, -0.25) is 9.78 Å². The van der Waals surface area contributed by atoms with Crippen molar-refractivity contribution in [2.24, 2.45) is 5.92 Å². The van der Waals surface area contributed by atoms with Gasteiger partial charge in [0.1, 0.15) is 0 Å². The summed E-state index contributed by atoms with van der Waals surface area (Å²) in [7, 11) is 1.56. The highest BCUT2D eigenvalue weighted by molar-refractivity contribution is 5.94. The van der Waals surface area contributed by atoms with E-state index >= 15 is 0 Å². The maximum Gasteiger partial charge on any atom is 0.251 e. The fourth-order valence-corrected chi connectivity index (χ4v) is 2.80. The van der Waals surface area contributed by atoms with Crippen LogP contribution in [-0.4, -0.2) is 34.2 Å². The van der Waals surface area contributed by atoms with E-state index in [-0.39, 0.29) is 24.0 Å². The summed E-state index contributed by atoms with van der Waals surface area (Å²) >= 11 is 0. The van der Waals surface area contributed by atoms with Crippen LogP contribution in [0.15, 0.2) is 42.9 Å². The van der Waals surface area contributed by atoms with Crippen LogP contribution in [-0.2, 0) is 0 Å². The summed E-state index contributed by atoms with van der Waals surface area (Å²) in [5.41, 5.74) is 1.47. The quantitative estimate of drug-likeness (QED) is 0.878. The molecule has 0 saturated heterocycles. The molecule has 6 heteroatoms. The summed E-state index contributed by atoms with van der Waals surface area (Å²) < 4.78 is 5.07. The van der Waals surface area contributed by atoms with E-state index in [0.717, 1.165) is 5.56 Å². The van der Waals surface area contributed by atoms with Crippen molar-refractivity contribution >= 4 is 5.91 Å². The van der Waals surface area contributed by atoms with Crippen LogP contribution >= 0.6 is 0 Å². The third-order valence-corrected chi connectivity index (χ3v) is 4.18. The predicted molar refractivity (Wildman–Crippen MR) is 84.0 cm³/mol. The average Bonchev–Trinajstić information content (AvgIpc) is 2.58. The summed E-state index contributed by atoms with van der Waals surface area (Å²) in [5.74, 6) is 0.571. The zero-order valence-corrected chi connectivity index (χ0v) is 12.8. The molecule has 2 N–H and O–H groups in total. The number of nitrogens with one attached hydrogen (secondary N) is 1. The van der Waals surface area contributed by atoms with Crippen LogP contribution in [0.4, 0.5) is 0 Å². The van der Waals surface area contributed by atoms with Crippen molar-refractivity contribution < 1.29 is 14.6 Å². The third kappa shape index (κ3) is 3.48. The maximum absolute atomic E-state index is 12.4. The Labute approximate surface area is 134 Å². The Kier molecular flexibility index (Phi) is 4.52. The van der Waals surface area contributed by atoms with Crippen molar-refractivity contribution in [1.82, 2.24) is 15.3 Å². The molecule has 3 rings (SSSR count). The highest BCUT2D eigenvalue weighted by Crippen LogP contribution is 2.38. The lowest BCUT2D eigenvalue weighted by Crippen LogP contribution is -2.41. The van der Waals surface area contributed by atoms with Crippen LogP contribution in [0, 0.1) is 5.92 Å². The molecule has 0 aromatic carbocycles. The first-order valence-corrected chi connectivity index (χ1v) is 7.56. The first kappa shape index (κ1) is 15.4. The van der Waals surface area contributed by atoms with Crippen LogP contribution in [0.5, 0.6) is 5.88 Å². The number of methoxy groups -OCH3 is 1. The van der Waals surface area contributed by atoms with E-state index in [1.165, 1.54) is 0 Å². The number of hydrogen-bond acceptors (Lipinski definition) is 5. The molecule has 120 valence electrons. The van der Waals surface area contributed by atoms with Gasteiger partial charge in [-0.25, -0.2) is 4.98 Å². The highest BCUT2D eigenvalue weighted by atomic mass is 16.5. The van der Waals surface area contributed by atoms with Gasteiger partial charge in [-0.1, -0.05) is 6.07 Å². The summed E-state index contributed by atoms with van der Waals surface area (Å²) in [6, 6.07) is 6.84. The molecule has 6 nitrogen and oxygen atoms in total. The molecule has 0 radical (unpaired) electrons. The van der Waals surface area contributed by atoms with E-state index in [4.69, 9.17) is 4.74 Å². The van der Waals surface area contributed by atoms with Gasteiger partial charge < -0.3 is 15.2 Å². The number of hydrogen-bond donors (Lipinski definition) is 2. The van der Waals surface area contributed by atoms with Crippen molar-refractivity contribution in [2.75, 3.05) is 7.11 Å². The van der Waals surface area contributed by atoms with Crippen molar-refractivity contribution in [2.45, 2.75) is 25.0 Å². The molecule has 0 bridgehead atoms. The first-order chi connectivity index (χ1) is 11.2. The Morgan fingerprint density at radius 2 is 2.04 bits per heavy atom. The van der Waals surface area contributed by atoms with E-state index in [0.29, 0.717) is 24.3 Å². The van der Waals surface area contributed by atoms with Crippen LogP contribution in [0.2, 0.25) is 0 Å². The normalized spacial score (nSPS) is 21.1. The Hall–Kier alpha value is -2.47. The van der Waals surface area contributed by atoms with Crippen LogP contribution in [0.1, 0.15) is 34.8 Å². The van der Waals surface area contributed by atoms with Gasteiger partial charge in [0.15, 0.2) is 0 Å². The highest BCUT2D eigenvalue weighted by Gasteiger charge is 2.36. The predicted octanol–water partition coefficient (Wildman–Crippen LogP) is 1.73. The SMILES string of the molecule is COc1ccc([C@H](NC(=O)c2ccncc2)C2CC(O)C2)cn1. The van der Waals surface area contributed by atoms with Crippen molar-refractivity contribution in [3.05, 3.63) is 54.0 Å². The molecule has 1 aliphatic carbocycles. The molecule has 2 heterocycles. The van der Waals surface area contributed by atoms with Crippen LogP contribution < -0.4 is 10.1 Å². The number of pyridine rings is 2. The molecule has 2 aromatic heterocycles. The number of aromatic nitrogens is 2. The van der Waals surface area contributed by atoms with Gasteiger partial charge in [0.25, 0.3) is 5.91 Å². The standard InChI is InChI=1S/C17H19N3O3/c1-23-15-3-2-12(10-19-15)16(13-8-14(21)9-13)20-17(22)11-4-6-18-7-5-11/h2-7,10,13-14,16,21H,8-9H2,1H3,(H,20,22)/t13?,14?,16-/m0/s1. The maximum atomic E-state index is 12.4. The lowest BCUT2D eigenvalue weighted by atomic mass is 9.75. The number of amides is 1. The van der Waals surface area contributed by atoms with Gasteiger partial charge in [0.05, 0.1) is 19.3 Å². The Bertz CT molecular complexity index is 655. The molecule has 0 spiro atoms. The molecule has 23 heavy (non-hydrogen) atoms. The number of aliphatic hydroxyl groups is 1. The second kappa shape index (κ2) is 6.75. The second-order valence-corrected chi connectivity index (χ2v) is 5.71. The van der Waals surface area contributed by atoms with Gasteiger partial charge in [-0.2, -0.15) is 0 Å². The van der Waals surface area contributed by atoms with Gasteiger partial charge in [0, 0.05) is 30.2 Å². The summed E-state index contributed by atoms with van der Waals surface area (Å²) in [5, 5.41) is 12.6. The first-order valence-electron chi connectivity index (χ1n) is 7.56. The third-order valence-electron chi connectivity index (χ3n) is 4.18. The lowest BCUT2D eigenvalue weighted by Gasteiger charge is -2.38. The molecule has 1 saturated carbocycles. The van der Waals surface area contributed by atoms with E-state index < -0.39 is 0 Å². The molecule has 1 fully saturated rings. The Morgan fingerprint density at radius 3 is 2.61 bits per heavy atom. The number of carbonyl (C=O) groups is 1. The molecule has 1 amide bonds. The van der Waals surface area contributed by atoms with Crippen LogP contribution in [0.3, 0.4) is 0 Å². The van der Waals surface area contributed by atoms with Crippen molar-refractivity contribution in [1.29, 1.82) is 0 Å². The second-order valence-electron chi connectivity index (χ2n) is 5.71. The monoisotopic (exact) mass is 313 g/mol. The van der Waals surface area contributed by atoms with Gasteiger partial charge in [0.2, 0.25) is 5.88 Å². The fraction of sp³-hybridized carbons (Fsp3) is 0.353. The molecular weight excluding hydrogens is 294 g/mol. The van der Waals surface area contributed by atoms with Crippen molar-refractivity contribution in [3.63, 3.8) is 0 Å². The van der Waals surface area contributed by atoms with Gasteiger partial charge in [-0.05, 0) is 36.5 Å². The van der Waals surface area contributed by atoms with Gasteiger partial charge in [-0.15, -0.1) is 0 Å².